The average molecular weight is 263 g/mol. The fourth-order valence-electron chi connectivity index (χ4n) is 2.87. The molecule has 0 aromatic heterocycles. The highest BCUT2D eigenvalue weighted by Crippen LogP contribution is 2.28. The zero-order valence-electron chi connectivity index (χ0n) is 10.8. The lowest BCUT2D eigenvalue weighted by molar-refractivity contribution is -0.127. The lowest BCUT2D eigenvalue weighted by Crippen LogP contribution is -2.44. The van der Waals surface area contributed by atoms with Crippen molar-refractivity contribution in [1.82, 2.24) is 5.32 Å². The number of rotatable bonds is 2. The fourth-order valence-corrected chi connectivity index (χ4v) is 2.87. The molecule has 1 aromatic carbocycles. The van der Waals surface area contributed by atoms with E-state index in [0.717, 1.165) is 24.2 Å². The van der Waals surface area contributed by atoms with Crippen LogP contribution < -0.4 is 10.1 Å². The monoisotopic (exact) mass is 263 g/mol. The first-order valence-electron chi connectivity index (χ1n) is 6.89. The summed E-state index contributed by atoms with van der Waals surface area (Å²) in [7, 11) is 0. The van der Waals surface area contributed by atoms with E-state index in [4.69, 9.17) is 4.74 Å². The van der Waals surface area contributed by atoms with Crippen molar-refractivity contribution in [2.45, 2.75) is 37.9 Å². The van der Waals surface area contributed by atoms with Gasteiger partial charge in [-0.25, -0.2) is 4.39 Å². The fraction of sp³-hybridized carbons (Fsp3) is 0.533. The Balaban J connectivity index is 1.63. The molecule has 3 rings (SSSR count). The number of alkyl halides is 1. The molecule has 1 aliphatic carbocycles. The van der Waals surface area contributed by atoms with Crippen molar-refractivity contribution in [1.29, 1.82) is 0 Å². The van der Waals surface area contributed by atoms with E-state index in [0.29, 0.717) is 19.4 Å². The van der Waals surface area contributed by atoms with Crippen molar-refractivity contribution in [3.05, 3.63) is 29.8 Å². The maximum absolute atomic E-state index is 13.5. The predicted octanol–water partition coefficient (Wildman–Crippen LogP) is 2.24. The summed E-state index contributed by atoms with van der Waals surface area (Å²) in [6, 6.07) is 7.45. The molecule has 0 saturated heterocycles. The zero-order chi connectivity index (χ0) is 13.2. The second-order valence-corrected chi connectivity index (χ2v) is 5.38. The Morgan fingerprint density at radius 1 is 1.32 bits per heavy atom. The average Bonchev–Trinajstić information content (AvgIpc) is 2.84. The van der Waals surface area contributed by atoms with Crippen molar-refractivity contribution in [3.63, 3.8) is 0 Å². The Kier molecular flexibility index (Phi) is 3.40. The highest BCUT2D eigenvalue weighted by Gasteiger charge is 2.32. The third-order valence-corrected chi connectivity index (χ3v) is 4.01. The normalized spacial score (nSPS) is 29.4. The maximum Gasteiger partial charge on any atom is 0.227 e. The van der Waals surface area contributed by atoms with Crippen LogP contribution in [-0.4, -0.2) is 24.7 Å². The molecule has 0 spiro atoms. The number of amides is 1. The van der Waals surface area contributed by atoms with E-state index in [1.54, 1.807) is 0 Å². The molecule has 1 heterocycles. The Bertz CT molecular complexity index is 477. The van der Waals surface area contributed by atoms with Gasteiger partial charge in [-0.3, -0.25) is 4.79 Å². The van der Waals surface area contributed by atoms with Gasteiger partial charge in [0.2, 0.25) is 5.91 Å². The number of ether oxygens (including phenoxy) is 1. The molecular weight excluding hydrogens is 245 g/mol. The number of para-hydroxylation sites is 1. The van der Waals surface area contributed by atoms with Gasteiger partial charge in [-0.2, -0.15) is 0 Å². The van der Waals surface area contributed by atoms with Crippen molar-refractivity contribution < 1.29 is 13.9 Å². The van der Waals surface area contributed by atoms with Gasteiger partial charge in [0, 0.05) is 0 Å². The molecule has 1 fully saturated rings. The minimum atomic E-state index is -0.888. The molecule has 1 amide bonds. The highest BCUT2D eigenvalue weighted by atomic mass is 19.1. The molecule has 19 heavy (non-hydrogen) atoms. The zero-order valence-corrected chi connectivity index (χ0v) is 10.8. The first-order chi connectivity index (χ1) is 9.24. The molecule has 3 nitrogen and oxygen atoms in total. The molecule has 4 heteroatoms. The molecule has 0 bridgehead atoms. The van der Waals surface area contributed by atoms with Crippen molar-refractivity contribution in [3.8, 4) is 5.75 Å². The highest BCUT2D eigenvalue weighted by molar-refractivity contribution is 5.80. The predicted molar refractivity (Wildman–Crippen MR) is 69.8 cm³/mol. The summed E-state index contributed by atoms with van der Waals surface area (Å²) < 4.78 is 19.1. The van der Waals surface area contributed by atoms with Crippen LogP contribution in [0.4, 0.5) is 4.39 Å². The molecule has 3 unspecified atom stereocenters. The topological polar surface area (TPSA) is 38.3 Å². The van der Waals surface area contributed by atoms with Gasteiger partial charge in [-0.15, -0.1) is 0 Å². The third kappa shape index (κ3) is 2.57. The summed E-state index contributed by atoms with van der Waals surface area (Å²) in [6.45, 7) is 0.381. The molecule has 102 valence electrons. The van der Waals surface area contributed by atoms with Gasteiger partial charge in [-0.1, -0.05) is 18.2 Å². The Hall–Kier alpha value is -1.58. The number of benzene rings is 1. The molecule has 1 aliphatic heterocycles. The van der Waals surface area contributed by atoms with E-state index < -0.39 is 6.17 Å². The van der Waals surface area contributed by atoms with Crippen LogP contribution in [0.5, 0.6) is 5.75 Å². The van der Waals surface area contributed by atoms with Crippen molar-refractivity contribution in [2.75, 3.05) is 6.61 Å². The van der Waals surface area contributed by atoms with Crippen molar-refractivity contribution in [2.24, 2.45) is 5.92 Å². The second kappa shape index (κ2) is 5.19. The molecular formula is C15H18FNO2. The quantitative estimate of drug-likeness (QED) is 0.888. The maximum atomic E-state index is 13.5. The van der Waals surface area contributed by atoms with Crippen LogP contribution in [0, 0.1) is 5.92 Å². The van der Waals surface area contributed by atoms with Crippen LogP contribution in [0.25, 0.3) is 0 Å². The van der Waals surface area contributed by atoms with E-state index >= 15 is 0 Å². The largest absolute Gasteiger partial charge is 0.492 e. The minimum absolute atomic E-state index is 0.0796. The minimum Gasteiger partial charge on any atom is -0.492 e. The van der Waals surface area contributed by atoms with Crippen LogP contribution >= 0.6 is 0 Å². The first kappa shape index (κ1) is 12.5. The molecule has 0 radical (unpaired) electrons. The van der Waals surface area contributed by atoms with E-state index in [9.17, 15) is 9.18 Å². The first-order valence-corrected chi connectivity index (χ1v) is 6.89. The van der Waals surface area contributed by atoms with Crippen LogP contribution in [0.3, 0.4) is 0 Å². The van der Waals surface area contributed by atoms with Crippen LogP contribution in [0.2, 0.25) is 0 Å². The molecule has 3 atom stereocenters. The van der Waals surface area contributed by atoms with Gasteiger partial charge >= 0.3 is 0 Å². The van der Waals surface area contributed by atoms with E-state index in [1.165, 1.54) is 0 Å². The van der Waals surface area contributed by atoms with Crippen LogP contribution in [0.1, 0.15) is 24.8 Å². The van der Waals surface area contributed by atoms with Gasteiger partial charge in [-0.05, 0) is 37.3 Å². The summed E-state index contributed by atoms with van der Waals surface area (Å²) in [5.74, 6) is 0.572. The van der Waals surface area contributed by atoms with Crippen molar-refractivity contribution >= 4 is 5.91 Å². The third-order valence-electron chi connectivity index (χ3n) is 4.01. The molecule has 2 aliphatic rings. The Labute approximate surface area is 112 Å². The molecule has 1 N–H and O–H groups in total. The Morgan fingerprint density at radius 2 is 2.16 bits per heavy atom. The second-order valence-electron chi connectivity index (χ2n) is 5.38. The summed E-state index contributed by atoms with van der Waals surface area (Å²) in [4.78, 5) is 12.2. The lowest BCUT2D eigenvalue weighted by atomic mass is 9.95. The molecule has 1 saturated carbocycles. The SMILES string of the molecule is O=C(NC1CCCC1F)C1COc2ccccc2C1. The number of carbonyl (C=O) groups is 1. The number of hydrogen-bond acceptors (Lipinski definition) is 2. The van der Waals surface area contributed by atoms with Gasteiger partial charge in [0.05, 0.1) is 12.0 Å². The van der Waals surface area contributed by atoms with Crippen LogP contribution in [-0.2, 0) is 11.2 Å². The number of hydrogen-bond donors (Lipinski definition) is 1. The van der Waals surface area contributed by atoms with E-state index in [1.807, 2.05) is 24.3 Å². The number of nitrogens with one attached hydrogen (secondary N) is 1. The van der Waals surface area contributed by atoms with Gasteiger partial charge in [0.15, 0.2) is 0 Å². The summed E-state index contributed by atoms with van der Waals surface area (Å²) in [6.07, 6.45) is 1.95. The summed E-state index contributed by atoms with van der Waals surface area (Å²) in [5, 5.41) is 2.84. The number of carbonyl (C=O) groups excluding carboxylic acids is 1. The molecule has 1 aromatic rings. The smallest absolute Gasteiger partial charge is 0.227 e. The van der Waals surface area contributed by atoms with Gasteiger partial charge in [0.1, 0.15) is 18.5 Å². The summed E-state index contributed by atoms with van der Waals surface area (Å²) >= 11 is 0. The standard InChI is InChI=1S/C15H18FNO2/c16-12-5-3-6-13(12)17-15(18)11-8-10-4-1-2-7-14(10)19-9-11/h1-2,4,7,11-13H,3,5-6,8-9H2,(H,17,18). The summed E-state index contributed by atoms with van der Waals surface area (Å²) in [5.41, 5.74) is 1.05. The van der Waals surface area contributed by atoms with Gasteiger partial charge < -0.3 is 10.1 Å². The van der Waals surface area contributed by atoms with E-state index in [-0.39, 0.29) is 17.9 Å². The van der Waals surface area contributed by atoms with Gasteiger partial charge in [0.25, 0.3) is 0 Å². The van der Waals surface area contributed by atoms with E-state index in [2.05, 4.69) is 5.32 Å². The number of fused-ring (bicyclic) bond motifs is 1. The van der Waals surface area contributed by atoms with Crippen LogP contribution in [0.15, 0.2) is 24.3 Å². The lowest BCUT2D eigenvalue weighted by Gasteiger charge is -2.26. The Morgan fingerprint density at radius 3 is 2.95 bits per heavy atom. The number of halogens is 1.